The molecule has 134 valence electrons. The molecule has 0 aliphatic carbocycles. The van der Waals surface area contributed by atoms with E-state index in [1.54, 1.807) is 0 Å². The number of hydrogen-bond donors (Lipinski definition) is 0. The van der Waals surface area contributed by atoms with E-state index in [1.807, 2.05) is 0 Å². The molecule has 1 aromatic heterocycles. The van der Waals surface area contributed by atoms with E-state index in [-0.39, 0.29) is 16.4 Å². The van der Waals surface area contributed by atoms with E-state index in [1.165, 1.54) is 32.9 Å². The normalized spacial score (nSPS) is 13.8. The summed E-state index contributed by atoms with van der Waals surface area (Å²) in [5.74, 6) is 0. The van der Waals surface area contributed by atoms with Gasteiger partial charge in [-0.3, -0.25) is 0 Å². The summed E-state index contributed by atoms with van der Waals surface area (Å²) in [6.45, 7) is 20.6. The standard InChI is InChI=1S/C24H33N/c1-22(2,3)16-10-12-18-19-13-11-17(23(4,5)6)15-21(19)25(20(18)14-16)24(7,8)9/h10-15H,1-9H3. The van der Waals surface area contributed by atoms with E-state index in [0.717, 1.165) is 0 Å². The minimum absolute atomic E-state index is 0.0347. The van der Waals surface area contributed by atoms with Crippen molar-refractivity contribution in [3.05, 3.63) is 47.5 Å². The van der Waals surface area contributed by atoms with Gasteiger partial charge >= 0.3 is 0 Å². The number of benzene rings is 2. The second-order valence-electron chi connectivity index (χ2n) is 10.5. The fourth-order valence-corrected chi connectivity index (χ4v) is 3.67. The Balaban J connectivity index is 2.46. The third kappa shape index (κ3) is 3.10. The van der Waals surface area contributed by atoms with Gasteiger partial charge in [0.25, 0.3) is 0 Å². The molecule has 0 N–H and O–H groups in total. The molecule has 1 heteroatoms. The topological polar surface area (TPSA) is 4.93 Å². The van der Waals surface area contributed by atoms with Crippen molar-refractivity contribution in [1.29, 1.82) is 0 Å². The first-order valence-corrected chi connectivity index (χ1v) is 9.40. The monoisotopic (exact) mass is 335 g/mol. The molecule has 1 heterocycles. The van der Waals surface area contributed by atoms with Gasteiger partial charge in [0.15, 0.2) is 0 Å². The van der Waals surface area contributed by atoms with Gasteiger partial charge in [0.1, 0.15) is 0 Å². The van der Waals surface area contributed by atoms with Gasteiger partial charge in [0, 0.05) is 27.3 Å². The molecule has 0 fully saturated rings. The van der Waals surface area contributed by atoms with Crippen molar-refractivity contribution in [1.82, 2.24) is 4.57 Å². The summed E-state index contributed by atoms with van der Waals surface area (Å²) in [7, 11) is 0. The molecule has 0 aliphatic heterocycles. The van der Waals surface area contributed by atoms with Crippen LogP contribution in [0.25, 0.3) is 21.8 Å². The van der Waals surface area contributed by atoms with Crippen LogP contribution in [0.1, 0.15) is 73.4 Å². The van der Waals surface area contributed by atoms with Crippen LogP contribution in [0.4, 0.5) is 0 Å². The van der Waals surface area contributed by atoms with Gasteiger partial charge in [-0.15, -0.1) is 0 Å². The Hall–Kier alpha value is -1.76. The van der Waals surface area contributed by atoms with Gasteiger partial charge in [-0.1, -0.05) is 65.8 Å². The lowest BCUT2D eigenvalue weighted by molar-refractivity contribution is 0.422. The number of fused-ring (bicyclic) bond motifs is 3. The molecule has 0 bridgehead atoms. The minimum atomic E-state index is 0.0347. The van der Waals surface area contributed by atoms with Crippen LogP contribution in [0.2, 0.25) is 0 Å². The van der Waals surface area contributed by atoms with E-state index in [2.05, 4.69) is 103 Å². The van der Waals surface area contributed by atoms with E-state index in [9.17, 15) is 0 Å². The molecule has 0 radical (unpaired) electrons. The highest BCUT2D eigenvalue weighted by Gasteiger charge is 2.24. The van der Waals surface area contributed by atoms with E-state index < -0.39 is 0 Å². The van der Waals surface area contributed by atoms with Crippen molar-refractivity contribution in [2.24, 2.45) is 0 Å². The van der Waals surface area contributed by atoms with Gasteiger partial charge in [-0.25, -0.2) is 0 Å². The highest BCUT2D eigenvalue weighted by Crippen LogP contribution is 2.38. The summed E-state index contributed by atoms with van der Waals surface area (Å²) in [4.78, 5) is 0. The van der Waals surface area contributed by atoms with Gasteiger partial charge in [0.05, 0.1) is 0 Å². The van der Waals surface area contributed by atoms with Crippen LogP contribution in [0, 0.1) is 0 Å². The van der Waals surface area contributed by atoms with Crippen LogP contribution in [-0.2, 0) is 16.4 Å². The van der Waals surface area contributed by atoms with Crippen LogP contribution in [0.3, 0.4) is 0 Å². The van der Waals surface area contributed by atoms with Crippen LogP contribution in [0.15, 0.2) is 36.4 Å². The summed E-state index contributed by atoms with van der Waals surface area (Å²) >= 11 is 0. The Morgan fingerprint density at radius 1 is 0.560 bits per heavy atom. The van der Waals surface area contributed by atoms with Crippen LogP contribution < -0.4 is 0 Å². The number of aromatic nitrogens is 1. The molecular weight excluding hydrogens is 302 g/mol. The van der Waals surface area contributed by atoms with Crippen molar-refractivity contribution >= 4 is 21.8 Å². The van der Waals surface area contributed by atoms with Gasteiger partial charge in [0.2, 0.25) is 0 Å². The molecule has 0 saturated carbocycles. The van der Waals surface area contributed by atoms with Crippen molar-refractivity contribution in [2.45, 2.75) is 78.7 Å². The zero-order chi connectivity index (χ0) is 18.8. The molecular formula is C24H33N. The van der Waals surface area contributed by atoms with Crippen molar-refractivity contribution in [3.63, 3.8) is 0 Å². The molecule has 2 aromatic carbocycles. The number of nitrogens with zero attached hydrogens (tertiary/aromatic N) is 1. The van der Waals surface area contributed by atoms with Crippen LogP contribution >= 0.6 is 0 Å². The first-order chi connectivity index (χ1) is 11.3. The summed E-state index contributed by atoms with van der Waals surface area (Å²) in [6.07, 6.45) is 0. The maximum absolute atomic E-state index is 2.53. The van der Waals surface area contributed by atoms with Gasteiger partial charge in [-0.05, 0) is 54.9 Å². The molecule has 3 rings (SSSR count). The average Bonchev–Trinajstić information content (AvgIpc) is 2.77. The average molecular weight is 336 g/mol. The van der Waals surface area contributed by atoms with E-state index in [0.29, 0.717) is 0 Å². The fraction of sp³-hybridized carbons (Fsp3) is 0.500. The minimum Gasteiger partial charge on any atom is -0.335 e. The molecule has 0 aliphatic rings. The smallest absolute Gasteiger partial charge is 0.0499 e. The molecule has 1 nitrogen and oxygen atoms in total. The van der Waals surface area contributed by atoms with Gasteiger partial charge in [-0.2, -0.15) is 0 Å². The lowest BCUT2D eigenvalue weighted by atomic mass is 9.86. The summed E-state index contributed by atoms with van der Waals surface area (Å²) in [5, 5.41) is 2.72. The largest absolute Gasteiger partial charge is 0.335 e. The molecule has 0 atom stereocenters. The quantitative estimate of drug-likeness (QED) is 0.411. The maximum Gasteiger partial charge on any atom is 0.0499 e. The fourth-order valence-electron chi connectivity index (χ4n) is 3.67. The van der Waals surface area contributed by atoms with Crippen molar-refractivity contribution in [2.75, 3.05) is 0 Å². The molecule has 0 saturated heterocycles. The Kier molecular flexibility index (Phi) is 3.87. The molecule has 25 heavy (non-hydrogen) atoms. The number of rotatable bonds is 0. The van der Waals surface area contributed by atoms with E-state index in [4.69, 9.17) is 0 Å². The Bertz CT molecular complexity index is 863. The zero-order valence-corrected chi connectivity index (χ0v) is 17.4. The second kappa shape index (κ2) is 5.37. The summed E-state index contributed by atoms with van der Waals surface area (Å²) < 4.78 is 2.53. The van der Waals surface area contributed by atoms with Crippen LogP contribution in [0.5, 0.6) is 0 Å². The molecule has 0 amide bonds. The van der Waals surface area contributed by atoms with Crippen LogP contribution in [-0.4, -0.2) is 4.57 Å². The highest BCUT2D eigenvalue weighted by molar-refractivity contribution is 6.08. The Labute approximate surface area is 153 Å². The third-order valence-corrected chi connectivity index (χ3v) is 5.17. The zero-order valence-electron chi connectivity index (χ0n) is 17.4. The lowest BCUT2D eigenvalue weighted by Crippen LogP contribution is -2.22. The first kappa shape index (κ1) is 18.0. The number of hydrogen-bond acceptors (Lipinski definition) is 0. The Morgan fingerprint density at radius 2 is 0.920 bits per heavy atom. The second-order valence-corrected chi connectivity index (χ2v) is 10.5. The Morgan fingerprint density at radius 3 is 1.20 bits per heavy atom. The SMILES string of the molecule is CC(C)(C)c1ccc2c3ccc(C(C)(C)C)cc3n(C(C)(C)C)c2c1. The highest BCUT2D eigenvalue weighted by atomic mass is 15.0. The van der Waals surface area contributed by atoms with E-state index >= 15 is 0 Å². The third-order valence-electron chi connectivity index (χ3n) is 5.17. The van der Waals surface area contributed by atoms with Crippen molar-refractivity contribution < 1.29 is 0 Å². The lowest BCUT2D eigenvalue weighted by Gasteiger charge is -2.26. The maximum atomic E-state index is 2.53. The first-order valence-electron chi connectivity index (χ1n) is 9.40. The summed E-state index contributed by atoms with van der Waals surface area (Å²) in [5.41, 5.74) is 5.83. The van der Waals surface area contributed by atoms with Crippen molar-refractivity contribution in [3.8, 4) is 0 Å². The molecule has 0 spiro atoms. The summed E-state index contributed by atoms with van der Waals surface area (Å²) in [6, 6.07) is 14.0. The molecule has 3 aromatic rings. The predicted octanol–water partition coefficient (Wildman–Crippen LogP) is 7.14. The molecule has 0 unspecified atom stereocenters. The van der Waals surface area contributed by atoms with Gasteiger partial charge < -0.3 is 4.57 Å². The predicted molar refractivity (Wildman–Crippen MR) is 112 cm³/mol.